The third kappa shape index (κ3) is 3.83. The van der Waals surface area contributed by atoms with E-state index in [1.54, 1.807) is 0 Å². The van der Waals surface area contributed by atoms with E-state index < -0.39 is 5.97 Å². The van der Waals surface area contributed by atoms with Crippen LogP contribution in [-0.2, 0) is 9.47 Å². The van der Waals surface area contributed by atoms with Crippen LogP contribution in [0.5, 0.6) is 0 Å². The second-order valence-electron chi connectivity index (χ2n) is 5.20. The lowest BCUT2D eigenvalue weighted by Crippen LogP contribution is -2.31. The molecule has 0 N–H and O–H groups in total. The molecule has 1 aromatic carbocycles. The Balaban J connectivity index is 2.25. The van der Waals surface area contributed by atoms with E-state index in [1.165, 1.54) is 0 Å². The highest BCUT2D eigenvalue weighted by molar-refractivity contribution is 8.22. The Labute approximate surface area is 125 Å². The Morgan fingerprint density at radius 2 is 1.74 bits per heavy atom. The Morgan fingerprint density at radius 1 is 1.16 bits per heavy atom. The summed E-state index contributed by atoms with van der Waals surface area (Å²) in [5, 5.41) is 1.00. The summed E-state index contributed by atoms with van der Waals surface area (Å²) in [5.74, 6) is -1.82. The van der Waals surface area contributed by atoms with Crippen LogP contribution in [0.3, 0.4) is 0 Å². The van der Waals surface area contributed by atoms with Crippen LogP contribution in [0.1, 0.15) is 20.3 Å². The highest BCUT2D eigenvalue weighted by Gasteiger charge is 2.53. The maximum Gasteiger partial charge on any atom is 0.251 e. The molecule has 2 nitrogen and oxygen atoms in total. The van der Waals surface area contributed by atoms with Crippen LogP contribution in [0, 0.1) is 5.92 Å². The molecule has 0 spiro atoms. The van der Waals surface area contributed by atoms with Crippen LogP contribution in [-0.4, -0.2) is 25.2 Å². The van der Waals surface area contributed by atoms with Crippen molar-refractivity contribution in [1.29, 1.82) is 0 Å². The Hall–Kier alpha value is 0.150. The zero-order valence-electron chi connectivity index (χ0n) is 11.3. The van der Waals surface area contributed by atoms with E-state index in [0.717, 1.165) is 11.7 Å². The molecule has 1 aliphatic rings. The lowest BCUT2D eigenvalue weighted by molar-refractivity contribution is -0.0455. The average Bonchev–Trinajstić information content (AvgIpc) is 2.90. The van der Waals surface area contributed by atoms with Gasteiger partial charge in [-0.2, -0.15) is 0 Å². The maximum atomic E-state index is 6.77. The molecular weight excluding hydrogens is 302 g/mol. The minimum absolute atomic E-state index is 0.0285. The molecule has 1 unspecified atom stereocenters. The lowest BCUT2D eigenvalue weighted by atomic mass is 10.1. The van der Waals surface area contributed by atoms with Gasteiger partial charge in [0.25, 0.3) is 5.97 Å². The summed E-state index contributed by atoms with van der Waals surface area (Å²) in [5.41, 5.74) is 0.0285. The van der Waals surface area contributed by atoms with Gasteiger partial charge in [-0.15, -0.1) is 0 Å². The summed E-state index contributed by atoms with van der Waals surface area (Å²) in [7, 11) is 0. The lowest BCUT2D eigenvalue weighted by Gasteiger charge is -2.26. The third-order valence-corrected chi connectivity index (χ3v) is 8.14. The van der Waals surface area contributed by atoms with Crippen LogP contribution in [0.15, 0.2) is 30.3 Å². The van der Waals surface area contributed by atoms with Crippen molar-refractivity contribution in [3.05, 3.63) is 30.3 Å². The van der Waals surface area contributed by atoms with Crippen molar-refractivity contribution in [1.82, 2.24) is 0 Å². The molecule has 0 aromatic heterocycles. The second-order valence-corrected chi connectivity index (χ2v) is 11.2. The first-order chi connectivity index (χ1) is 9.01. The second kappa shape index (κ2) is 6.74. The number of ether oxygens (including phenoxy) is 2. The highest BCUT2D eigenvalue weighted by Crippen LogP contribution is 2.73. The topological polar surface area (TPSA) is 18.5 Å². The van der Waals surface area contributed by atoms with Gasteiger partial charge >= 0.3 is 0 Å². The summed E-state index contributed by atoms with van der Waals surface area (Å²) in [6.07, 6.45) is 0.631. The van der Waals surface area contributed by atoms with Gasteiger partial charge in [0.05, 0.1) is 13.2 Å². The standard InChI is InChI=1S/C14H20Cl2O2P/c1-11(2)10-13(14-17-8-9-18-14)19(15,16)12-6-4-3-5-7-12/h3-7,11,13-14H,8-10H2,1-2H3/q+1. The molecule has 1 fully saturated rings. The van der Waals surface area contributed by atoms with Crippen molar-refractivity contribution in [2.24, 2.45) is 5.92 Å². The molecule has 0 radical (unpaired) electrons. The fraction of sp³-hybridized carbons (Fsp3) is 0.571. The summed E-state index contributed by atoms with van der Waals surface area (Å²) in [4.78, 5) is 0. The molecule has 1 saturated heterocycles. The van der Waals surface area contributed by atoms with Crippen molar-refractivity contribution >= 4 is 33.8 Å². The molecule has 1 aliphatic heterocycles. The van der Waals surface area contributed by atoms with Crippen LogP contribution < -0.4 is 5.30 Å². The van der Waals surface area contributed by atoms with Crippen LogP contribution in [0.2, 0.25) is 0 Å². The quantitative estimate of drug-likeness (QED) is 0.747. The Bertz CT molecular complexity index is 392. The predicted octanol–water partition coefficient (Wildman–Crippen LogP) is 4.42. The molecule has 1 atom stereocenters. The van der Waals surface area contributed by atoms with Crippen molar-refractivity contribution < 1.29 is 9.47 Å². The van der Waals surface area contributed by atoms with Gasteiger partial charge in [-0.3, -0.25) is 0 Å². The number of hydrogen-bond donors (Lipinski definition) is 0. The predicted molar refractivity (Wildman–Crippen MR) is 83.6 cm³/mol. The molecular formula is C14H20Cl2O2P+. The molecule has 0 amide bonds. The summed E-state index contributed by atoms with van der Waals surface area (Å²) in [6.45, 7) is 5.59. The van der Waals surface area contributed by atoms with Crippen molar-refractivity contribution in [3.8, 4) is 0 Å². The summed E-state index contributed by atoms with van der Waals surface area (Å²) in [6, 6.07) is 9.90. The van der Waals surface area contributed by atoms with Gasteiger partial charge in [0.15, 0.2) is 11.9 Å². The van der Waals surface area contributed by atoms with E-state index in [0.29, 0.717) is 19.1 Å². The monoisotopic (exact) mass is 321 g/mol. The number of benzene rings is 1. The molecule has 1 heterocycles. The summed E-state index contributed by atoms with van der Waals surface area (Å²) >= 11 is 13.5. The van der Waals surface area contributed by atoms with Gasteiger partial charge in [0, 0.05) is 0 Å². The van der Waals surface area contributed by atoms with E-state index in [-0.39, 0.29) is 11.9 Å². The Morgan fingerprint density at radius 3 is 2.26 bits per heavy atom. The molecule has 19 heavy (non-hydrogen) atoms. The third-order valence-electron chi connectivity index (χ3n) is 3.19. The summed E-state index contributed by atoms with van der Waals surface area (Å²) < 4.78 is 11.3. The number of hydrogen-bond acceptors (Lipinski definition) is 2. The average molecular weight is 322 g/mol. The van der Waals surface area contributed by atoms with E-state index >= 15 is 0 Å². The van der Waals surface area contributed by atoms with E-state index in [1.807, 2.05) is 30.3 Å². The van der Waals surface area contributed by atoms with E-state index in [2.05, 4.69) is 13.8 Å². The first kappa shape index (κ1) is 15.5. The van der Waals surface area contributed by atoms with Crippen molar-refractivity contribution in [2.45, 2.75) is 32.2 Å². The molecule has 2 rings (SSSR count). The van der Waals surface area contributed by atoms with Gasteiger partial charge in [0.2, 0.25) is 0 Å². The van der Waals surface area contributed by atoms with Gasteiger partial charge in [-0.25, -0.2) is 0 Å². The molecule has 5 heteroatoms. The zero-order valence-corrected chi connectivity index (χ0v) is 13.7. The SMILES string of the molecule is CC(C)CC(C1OCCO1)[P+](Cl)(Cl)c1ccccc1. The van der Waals surface area contributed by atoms with Gasteiger partial charge in [0.1, 0.15) is 27.8 Å². The minimum atomic E-state index is -2.31. The first-order valence-electron chi connectivity index (χ1n) is 6.58. The molecule has 0 aliphatic carbocycles. The minimum Gasteiger partial charge on any atom is -0.346 e. The fourth-order valence-corrected chi connectivity index (χ4v) is 6.12. The molecule has 1 aromatic rings. The van der Waals surface area contributed by atoms with Gasteiger partial charge < -0.3 is 9.47 Å². The van der Waals surface area contributed by atoms with Gasteiger partial charge in [-0.05, 0) is 24.5 Å². The van der Waals surface area contributed by atoms with Crippen molar-refractivity contribution in [3.63, 3.8) is 0 Å². The van der Waals surface area contributed by atoms with Gasteiger partial charge in [-0.1, -0.05) is 32.0 Å². The molecule has 106 valence electrons. The van der Waals surface area contributed by atoms with Crippen LogP contribution >= 0.6 is 28.4 Å². The number of halogens is 2. The van der Waals surface area contributed by atoms with Crippen molar-refractivity contribution in [2.75, 3.05) is 13.2 Å². The Kier molecular flexibility index (Phi) is 5.51. The molecule has 0 bridgehead atoms. The van der Waals surface area contributed by atoms with Crippen LogP contribution in [0.25, 0.3) is 0 Å². The number of rotatable bonds is 5. The fourth-order valence-electron chi connectivity index (χ4n) is 2.30. The first-order valence-corrected chi connectivity index (χ1v) is 10.3. The van der Waals surface area contributed by atoms with E-state index in [9.17, 15) is 0 Å². The maximum absolute atomic E-state index is 6.77. The highest BCUT2D eigenvalue weighted by atomic mass is 35.9. The smallest absolute Gasteiger partial charge is 0.251 e. The normalized spacial score (nSPS) is 19.0. The largest absolute Gasteiger partial charge is 0.346 e. The molecule has 0 saturated carbocycles. The van der Waals surface area contributed by atoms with E-state index in [4.69, 9.17) is 32.0 Å². The zero-order chi connectivity index (χ0) is 13.9. The van der Waals surface area contributed by atoms with Crippen LogP contribution in [0.4, 0.5) is 0 Å².